The number of anilines is 1. The number of fused-ring (bicyclic) bond motifs is 2. The van der Waals surface area contributed by atoms with Gasteiger partial charge in [0.1, 0.15) is 4.90 Å². The van der Waals surface area contributed by atoms with E-state index in [9.17, 15) is 8.42 Å². The van der Waals surface area contributed by atoms with Gasteiger partial charge in [0.25, 0.3) is 10.0 Å². The van der Waals surface area contributed by atoms with E-state index in [4.69, 9.17) is 23.2 Å². The highest BCUT2D eigenvalue weighted by molar-refractivity contribution is 7.93. The monoisotopic (exact) mass is 450 g/mol. The molecule has 2 aromatic rings. The maximum Gasteiger partial charge on any atom is 0.265 e. The summed E-state index contributed by atoms with van der Waals surface area (Å²) in [6.07, 6.45) is 1.83. The Labute approximate surface area is 182 Å². The molecule has 0 radical (unpaired) electrons. The minimum absolute atomic E-state index is 0.0927. The third-order valence-electron chi connectivity index (χ3n) is 5.96. The molecule has 0 N–H and O–H groups in total. The molecule has 1 fully saturated rings. The Kier molecular flexibility index (Phi) is 5.45. The molecule has 7 heteroatoms. The number of benzene rings is 2. The minimum atomic E-state index is -3.79. The van der Waals surface area contributed by atoms with Crippen LogP contribution in [0.5, 0.6) is 0 Å². The Hall–Kier alpha value is -1.53. The molecule has 0 atom stereocenters. The maximum absolute atomic E-state index is 13.5. The van der Waals surface area contributed by atoms with Gasteiger partial charge in [-0.3, -0.25) is 9.21 Å². The molecule has 0 bridgehead atoms. The van der Waals surface area contributed by atoms with Gasteiger partial charge in [0.15, 0.2) is 0 Å². The van der Waals surface area contributed by atoms with Crippen molar-refractivity contribution in [3.63, 3.8) is 0 Å². The number of para-hydroxylation sites is 1. The Bertz CT molecular complexity index is 1060. The van der Waals surface area contributed by atoms with Gasteiger partial charge < -0.3 is 0 Å². The lowest BCUT2D eigenvalue weighted by Gasteiger charge is -2.40. The van der Waals surface area contributed by atoms with Crippen molar-refractivity contribution in [3.8, 4) is 0 Å². The van der Waals surface area contributed by atoms with E-state index in [0.717, 1.165) is 49.3 Å². The predicted octanol–water partition coefficient (Wildman–Crippen LogP) is 5.11. The van der Waals surface area contributed by atoms with E-state index in [1.807, 2.05) is 25.1 Å². The fraction of sp³-hybridized carbons (Fsp3) is 0.364. The fourth-order valence-corrected chi connectivity index (χ4v) is 6.87. The first-order chi connectivity index (χ1) is 13.7. The Morgan fingerprint density at radius 1 is 1.14 bits per heavy atom. The van der Waals surface area contributed by atoms with Crippen molar-refractivity contribution in [1.82, 2.24) is 4.90 Å². The number of hydrogen-bond acceptors (Lipinski definition) is 3. The van der Waals surface area contributed by atoms with Crippen LogP contribution < -0.4 is 4.31 Å². The van der Waals surface area contributed by atoms with Gasteiger partial charge in [-0.2, -0.15) is 0 Å². The fourth-order valence-electron chi connectivity index (χ4n) is 4.55. The Morgan fingerprint density at radius 3 is 2.48 bits per heavy atom. The summed E-state index contributed by atoms with van der Waals surface area (Å²) in [4.78, 5) is 2.49. The van der Waals surface area contributed by atoms with Crippen LogP contribution in [0.15, 0.2) is 59.5 Å². The number of halogens is 2. The molecule has 29 heavy (non-hydrogen) atoms. The van der Waals surface area contributed by atoms with Crippen LogP contribution in [0.1, 0.15) is 25.3 Å². The topological polar surface area (TPSA) is 40.6 Å². The molecule has 0 amide bonds. The second kappa shape index (κ2) is 7.62. The number of rotatable bonds is 4. The molecule has 1 saturated heterocycles. The molecule has 4 rings (SSSR count). The molecule has 2 aliphatic heterocycles. The van der Waals surface area contributed by atoms with E-state index < -0.39 is 10.0 Å². The molecule has 1 spiro atoms. The zero-order chi connectivity index (χ0) is 20.8. The molecule has 0 saturated carbocycles. The normalized spacial score (nSPS) is 18.8. The van der Waals surface area contributed by atoms with Crippen molar-refractivity contribution in [1.29, 1.82) is 0 Å². The molecule has 154 valence electrons. The minimum Gasteiger partial charge on any atom is -0.299 e. The van der Waals surface area contributed by atoms with Gasteiger partial charge in [-0.15, -0.1) is 0 Å². The van der Waals surface area contributed by atoms with Crippen LogP contribution in [0.25, 0.3) is 0 Å². The molecule has 0 aromatic heterocycles. The highest BCUT2D eigenvalue weighted by Gasteiger charge is 2.48. The van der Waals surface area contributed by atoms with E-state index in [-0.39, 0.29) is 15.3 Å². The lowest BCUT2D eigenvalue weighted by Crippen LogP contribution is -2.46. The van der Waals surface area contributed by atoms with Gasteiger partial charge in [0.05, 0.1) is 10.7 Å². The summed E-state index contributed by atoms with van der Waals surface area (Å²) < 4.78 is 28.6. The highest BCUT2D eigenvalue weighted by Crippen LogP contribution is 2.49. The first-order valence-electron chi connectivity index (χ1n) is 9.67. The first-order valence-corrected chi connectivity index (χ1v) is 11.9. The number of nitrogens with zero attached hydrogens (tertiary/aromatic N) is 2. The quantitative estimate of drug-likeness (QED) is 0.607. The highest BCUT2D eigenvalue weighted by atomic mass is 35.5. The van der Waals surface area contributed by atoms with Gasteiger partial charge in [-0.05, 0) is 62.7 Å². The van der Waals surface area contributed by atoms with Crippen molar-refractivity contribution in [3.05, 3.63) is 70.2 Å². The van der Waals surface area contributed by atoms with E-state index in [1.54, 1.807) is 6.07 Å². The number of sulfonamides is 1. The lowest BCUT2D eigenvalue weighted by molar-refractivity contribution is 0.179. The molecule has 2 aliphatic rings. The van der Waals surface area contributed by atoms with Crippen LogP contribution in [-0.4, -0.2) is 39.5 Å². The molecule has 4 nitrogen and oxygen atoms in total. The van der Waals surface area contributed by atoms with Gasteiger partial charge in [0, 0.05) is 23.5 Å². The number of hydrogen-bond donors (Lipinski definition) is 0. The summed E-state index contributed by atoms with van der Waals surface area (Å²) in [7, 11) is -3.79. The first kappa shape index (κ1) is 20.7. The summed E-state index contributed by atoms with van der Waals surface area (Å²) in [6.45, 7) is 9.24. The van der Waals surface area contributed by atoms with Crippen molar-refractivity contribution < 1.29 is 8.42 Å². The standard InChI is InChI=1S/C22H24Cl2N2O2S/c1-16(2)14-25-11-9-22(10-12-25)15-26(20-6-4-3-5-18(20)22)29(27,28)21-8-7-17(23)13-19(21)24/h3-8,13H,1,9-12,14-15H2,2H3. The smallest absolute Gasteiger partial charge is 0.265 e. The molecular formula is C22H24Cl2N2O2S. The third kappa shape index (κ3) is 3.70. The van der Waals surface area contributed by atoms with Crippen molar-refractivity contribution >= 4 is 38.9 Å². The van der Waals surface area contributed by atoms with Crippen LogP contribution in [0.4, 0.5) is 5.69 Å². The van der Waals surface area contributed by atoms with Crippen molar-refractivity contribution in [2.24, 2.45) is 0 Å². The predicted molar refractivity (Wildman–Crippen MR) is 120 cm³/mol. The number of likely N-dealkylation sites (tertiary alicyclic amines) is 1. The number of piperidine rings is 1. The van der Waals surface area contributed by atoms with Gasteiger partial charge >= 0.3 is 0 Å². The van der Waals surface area contributed by atoms with Crippen LogP contribution in [0.3, 0.4) is 0 Å². The summed E-state index contributed by atoms with van der Waals surface area (Å²) in [6, 6.07) is 12.4. The second-order valence-corrected chi connectivity index (χ2v) is 10.8. The van der Waals surface area contributed by atoms with Gasteiger partial charge in [0.2, 0.25) is 0 Å². The molecule has 2 aromatic carbocycles. The van der Waals surface area contributed by atoms with Crippen LogP contribution in [-0.2, 0) is 15.4 Å². The Morgan fingerprint density at radius 2 is 1.83 bits per heavy atom. The van der Waals surface area contributed by atoms with Gasteiger partial charge in [-0.25, -0.2) is 8.42 Å². The maximum atomic E-state index is 13.5. The Balaban J connectivity index is 1.70. The zero-order valence-corrected chi connectivity index (χ0v) is 18.7. The van der Waals surface area contributed by atoms with E-state index in [0.29, 0.717) is 11.6 Å². The summed E-state index contributed by atoms with van der Waals surface area (Å²) in [5, 5.41) is 0.560. The van der Waals surface area contributed by atoms with E-state index in [2.05, 4.69) is 17.5 Å². The van der Waals surface area contributed by atoms with Crippen molar-refractivity contribution in [2.75, 3.05) is 30.5 Å². The molecule has 0 unspecified atom stereocenters. The van der Waals surface area contributed by atoms with Gasteiger partial charge in [-0.1, -0.05) is 53.6 Å². The van der Waals surface area contributed by atoms with Crippen LogP contribution in [0.2, 0.25) is 10.0 Å². The van der Waals surface area contributed by atoms with Crippen molar-refractivity contribution in [2.45, 2.75) is 30.1 Å². The van der Waals surface area contributed by atoms with Crippen LogP contribution >= 0.6 is 23.2 Å². The molecule has 2 heterocycles. The average Bonchev–Trinajstić information content (AvgIpc) is 2.99. The largest absolute Gasteiger partial charge is 0.299 e. The molecular weight excluding hydrogens is 427 g/mol. The van der Waals surface area contributed by atoms with E-state index >= 15 is 0 Å². The SMILES string of the molecule is C=C(C)CN1CCC2(CC1)CN(S(=O)(=O)c1ccc(Cl)cc1Cl)c1ccccc12. The van der Waals surface area contributed by atoms with Crippen LogP contribution in [0, 0.1) is 0 Å². The molecule has 0 aliphatic carbocycles. The average molecular weight is 451 g/mol. The third-order valence-corrected chi connectivity index (χ3v) is 8.44. The zero-order valence-electron chi connectivity index (χ0n) is 16.4. The second-order valence-electron chi connectivity index (χ2n) is 8.12. The summed E-state index contributed by atoms with van der Waals surface area (Å²) >= 11 is 12.2. The lowest BCUT2D eigenvalue weighted by atomic mass is 9.74. The summed E-state index contributed by atoms with van der Waals surface area (Å²) in [5.74, 6) is 0. The summed E-state index contributed by atoms with van der Waals surface area (Å²) in [5.41, 5.74) is 2.85. The van der Waals surface area contributed by atoms with E-state index in [1.165, 1.54) is 16.4 Å².